The van der Waals surface area contributed by atoms with Crippen molar-refractivity contribution in [3.05, 3.63) is 0 Å². The first kappa shape index (κ1) is 12.0. The van der Waals surface area contributed by atoms with Gasteiger partial charge in [-0.05, 0) is 20.3 Å². The van der Waals surface area contributed by atoms with Gasteiger partial charge in [-0.1, -0.05) is 6.92 Å². The van der Waals surface area contributed by atoms with Crippen LogP contribution in [0.3, 0.4) is 0 Å². The van der Waals surface area contributed by atoms with E-state index >= 15 is 0 Å². The summed E-state index contributed by atoms with van der Waals surface area (Å²) in [6, 6.07) is 0. The molecule has 2 amide bonds. The normalized spacial score (nSPS) is 22.0. The van der Waals surface area contributed by atoms with E-state index in [4.69, 9.17) is 0 Å². The van der Waals surface area contributed by atoms with Crippen LogP contribution in [0, 0.1) is 5.92 Å². The Morgan fingerprint density at radius 2 is 2.20 bits per heavy atom. The van der Waals surface area contributed by atoms with Crippen molar-refractivity contribution in [2.45, 2.75) is 39.2 Å². The maximum atomic E-state index is 11.8. The molecule has 1 N–H and O–H groups in total. The molecule has 0 aliphatic carbocycles. The van der Waals surface area contributed by atoms with Crippen molar-refractivity contribution in [1.29, 1.82) is 0 Å². The Morgan fingerprint density at radius 3 is 2.60 bits per heavy atom. The molecule has 1 aliphatic rings. The highest BCUT2D eigenvalue weighted by atomic mass is 16.2. The Hall–Kier alpha value is -1.06. The molecule has 4 heteroatoms. The van der Waals surface area contributed by atoms with Gasteiger partial charge in [0.2, 0.25) is 11.8 Å². The maximum Gasteiger partial charge on any atom is 0.225 e. The lowest BCUT2D eigenvalue weighted by Gasteiger charge is -2.26. The van der Waals surface area contributed by atoms with E-state index in [0.29, 0.717) is 13.0 Å². The van der Waals surface area contributed by atoms with E-state index in [1.807, 2.05) is 20.8 Å². The predicted molar refractivity (Wildman–Crippen MR) is 58.3 cm³/mol. The highest BCUT2D eigenvalue weighted by molar-refractivity contribution is 5.89. The quantitative estimate of drug-likeness (QED) is 0.751. The van der Waals surface area contributed by atoms with Gasteiger partial charge in [-0.2, -0.15) is 0 Å². The van der Waals surface area contributed by atoms with Crippen LogP contribution in [0.15, 0.2) is 0 Å². The molecule has 1 atom stereocenters. The van der Waals surface area contributed by atoms with Gasteiger partial charge in [0, 0.05) is 25.6 Å². The van der Waals surface area contributed by atoms with E-state index in [0.717, 1.165) is 6.42 Å². The molecule has 0 aromatic heterocycles. The molecule has 0 radical (unpaired) electrons. The monoisotopic (exact) mass is 212 g/mol. The second-order valence-electron chi connectivity index (χ2n) is 4.90. The first-order chi connectivity index (χ1) is 6.85. The molecular weight excluding hydrogens is 192 g/mol. The molecule has 1 aliphatic heterocycles. The smallest absolute Gasteiger partial charge is 0.225 e. The van der Waals surface area contributed by atoms with E-state index in [1.54, 1.807) is 11.9 Å². The number of carbonyl (C=O) groups excluding carboxylic acids is 2. The van der Waals surface area contributed by atoms with Crippen molar-refractivity contribution < 1.29 is 9.59 Å². The zero-order valence-corrected chi connectivity index (χ0v) is 9.96. The topological polar surface area (TPSA) is 49.4 Å². The third kappa shape index (κ3) is 2.94. The Bertz CT molecular complexity index is 274. The van der Waals surface area contributed by atoms with Crippen LogP contribution in [0.4, 0.5) is 0 Å². The number of hydrogen-bond acceptors (Lipinski definition) is 2. The average molecular weight is 212 g/mol. The van der Waals surface area contributed by atoms with Crippen LogP contribution in [0.2, 0.25) is 0 Å². The third-order valence-corrected chi connectivity index (χ3v) is 3.06. The van der Waals surface area contributed by atoms with E-state index in [9.17, 15) is 9.59 Å². The minimum atomic E-state index is -0.179. The van der Waals surface area contributed by atoms with Crippen LogP contribution in [0.5, 0.6) is 0 Å². The molecule has 1 unspecified atom stereocenters. The second-order valence-corrected chi connectivity index (χ2v) is 4.90. The van der Waals surface area contributed by atoms with Gasteiger partial charge in [0.25, 0.3) is 0 Å². The van der Waals surface area contributed by atoms with Gasteiger partial charge in [-0.3, -0.25) is 9.59 Å². The third-order valence-electron chi connectivity index (χ3n) is 3.06. The van der Waals surface area contributed by atoms with Crippen molar-refractivity contribution in [1.82, 2.24) is 10.2 Å². The molecule has 86 valence electrons. The summed E-state index contributed by atoms with van der Waals surface area (Å²) < 4.78 is 0. The minimum absolute atomic E-state index is 0.000417. The SMILES string of the molecule is CCC(C)(C)NC(=O)C1CC(=O)N(C)C1. The van der Waals surface area contributed by atoms with Crippen molar-refractivity contribution in [3.8, 4) is 0 Å². The molecule has 1 heterocycles. The fraction of sp³-hybridized carbons (Fsp3) is 0.818. The van der Waals surface area contributed by atoms with E-state index in [-0.39, 0.29) is 23.3 Å². The lowest BCUT2D eigenvalue weighted by molar-refractivity contribution is -0.129. The van der Waals surface area contributed by atoms with Crippen molar-refractivity contribution in [2.75, 3.05) is 13.6 Å². The van der Waals surface area contributed by atoms with E-state index < -0.39 is 0 Å². The molecule has 4 nitrogen and oxygen atoms in total. The van der Waals surface area contributed by atoms with Crippen molar-refractivity contribution in [3.63, 3.8) is 0 Å². The lowest BCUT2D eigenvalue weighted by atomic mass is 9.99. The van der Waals surface area contributed by atoms with Crippen LogP contribution in [-0.4, -0.2) is 35.8 Å². The second kappa shape index (κ2) is 4.21. The summed E-state index contributed by atoms with van der Waals surface area (Å²) in [5.74, 6) is -0.114. The van der Waals surface area contributed by atoms with E-state index in [1.165, 1.54) is 0 Å². The number of likely N-dealkylation sites (tertiary alicyclic amines) is 1. The average Bonchev–Trinajstić information content (AvgIpc) is 2.47. The molecule has 0 saturated carbocycles. The summed E-state index contributed by atoms with van der Waals surface area (Å²) >= 11 is 0. The van der Waals surface area contributed by atoms with Gasteiger partial charge < -0.3 is 10.2 Å². The van der Waals surface area contributed by atoms with Gasteiger partial charge in [0.05, 0.1) is 5.92 Å². The zero-order valence-electron chi connectivity index (χ0n) is 9.96. The summed E-state index contributed by atoms with van der Waals surface area (Å²) in [6.07, 6.45) is 1.23. The van der Waals surface area contributed by atoms with E-state index in [2.05, 4.69) is 5.32 Å². The van der Waals surface area contributed by atoms with Gasteiger partial charge in [0.1, 0.15) is 0 Å². The Labute approximate surface area is 91.0 Å². The number of carbonyl (C=O) groups is 2. The standard InChI is InChI=1S/C11H20N2O2/c1-5-11(2,3)12-10(15)8-6-9(14)13(4)7-8/h8H,5-7H2,1-4H3,(H,12,15). The first-order valence-corrected chi connectivity index (χ1v) is 5.41. The fourth-order valence-corrected chi connectivity index (χ4v) is 1.56. The lowest BCUT2D eigenvalue weighted by Crippen LogP contribution is -2.46. The van der Waals surface area contributed by atoms with Gasteiger partial charge in [-0.25, -0.2) is 0 Å². The van der Waals surface area contributed by atoms with Gasteiger partial charge in [0.15, 0.2) is 0 Å². The van der Waals surface area contributed by atoms with Crippen LogP contribution in [0.25, 0.3) is 0 Å². The van der Waals surface area contributed by atoms with Crippen LogP contribution in [-0.2, 0) is 9.59 Å². The molecular formula is C11H20N2O2. The first-order valence-electron chi connectivity index (χ1n) is 5.41. The molecule has 0 aromatic carbocycles. The predicted octanol–water partition coefficient (Wildman–Crippen LogP) is 0.769. The van der Waals surface area contributed by atoms with Crippen molar-refractivity contribution >= 4 is 11.8 Å². The van der Waals surface area contributed by atoms with Crippen LogP contribution >= 0.6 is 0 Å². The summed E-state index contributed by atoms with van der Waals surface area (Å²) in [6.45, 7) is 6.56. The molecule has 1 saturated heterocycles. The molecule has 1 fully saturated rings. The summed E-state index contributed by atoms with van der Waals surface area (Å²) in [5, 5.41) is 2.97. The maximum absolute atomic E-state index is 11.8. The Kier molecular flexibility index (Phi) is 3.37. The fourth-order valence-electron chi connectivity index (χ4n) is 1.56. The Balaban J connectivity index is 2.53. The Morgan fingerprint density at radius 1 is 1.60 bits per heavy atom. The molecule has 1 rings (SSSR count). The highest BCUT2D eigenvalue weighted by Crippen LogP contribution is 2.18. The van der Waals surface area contributed by atoms with Gasteiger partial charge in [-0.15, -0.1) is 0 Å². The van der Waals surface area contributed by atoms with Crippen LogP contribution < -0.4 is 5.32 Å². The minimum Gasteiger partial charge on any atom is -0.351 e. The summed E-state index contributed by atoms with van der Waals surface area (Å²) in [7, 11) is 1.74. The van der Waals surface area contributed by atoms with Gasteiger partial charge >= 0.3 is 0 Å². The van der Waals surface area contributed by atoms with Crippen LogP contribution in [0.1, 0.15) is 33.6 Å². The molecule has 0 aromatic rings. The number of rotatable bonds is 3. The molecule has 15 heavy (non-hydrogen) atoms. The summed E-state index contributed by atoms with van der Waals surface area (Å²) in [4.78, 5) is 24.7. The number of nitrogens with zero attached hydrogens (tertiary/aromatic N) is 1. The molecule has 0 bridgehead atoms. The largest absolute Gasteiger partial charge is 0.351 e. The van der Waals surface area contributed by atoms with Crippen molar-refractivity contribution in [2.24, 2.45) is 5.92 Å². The molecule has 0 spiro atoms. The number of amides is 2. The number of nitrogens with one attached hydrogen (secondary N) is 1. The highest BCUT2D eigenvalue weighted by Gasteiger charge is 2.33. The number of hydrogen-bond donors (Lipinski definition) is 1. The summed E-state index contributed by atoms with van der Waals surface area (Å²) in [5.41, 5.74) is -0.179. The zero-order chi connectivity index (χ0) is 11.6.